The number of benzene rings is 1. The molecule has 2 heterocycles. The first kappa shape index (κ1) is 23.6. The summed E-state index contributed by atoms with van der Waals surface area (Å²) in [5, 5.41) is 2.78. The molecule has 0 radical (unpaired) electrons. The molecule has 1 aliphatic heterocycles. The molecule has 0 spiro atoms. The summed E-state index contributed by atoms with van der Waals surface area (Å²) in [5.41, 5.74) is 0.965. The first-order valence-corrected chi connectivity index (χ1v) is 11.7. The minimum atomic E-state index is -4.40. The maximum absolute atomic E-state index is 13.6. The van der Waals surface area contributed by atoms with E-state index in [2.05, 4.69) is 20.2 Å². The number of hydrogen-bond acceptors (Lipinski definition) is 3. The molecule has 1 atom stereocenters. The fourth-order valence-corrected chi connectivity index (χ4v) is 5.07. The number of aryl methyl sites for hydroxylation is 1. The molecule has 6 nitrogen and oxygen atoms in total. The lowest BCUT2D eigenvalue weighted by Crippen LogP contribution is -2.52. The Morgan fingerprint density at radius 3 is 2.55 bits per heavy atom. The van der Waals surface area contributed by atoms with Gasteiger partial charge in [-0.15, -0.1) is 0 Å². The van der Waals surface area contributed by atoms with Gasteiger partial charge in [0.15, 0.2) is 0 Å². The van der Waals surface area contributed by atoms with Gasteiger partial charge in [0.1, 0.15) is 0 Å². The van der Waals surface area contributed by atoms with Gasteiger partial charge < -0.3 is 15.2 Å². The molecule has 1 saturated carbocycles. The van der Waals surface area contributed by atoms with Crippen molar-refractivity contribution in [2.45, 2.75) is 57.3 Å². The third kappa shape index (κ3) is 5.18. The summed E-state index contributed by atoms with van der Waals surface area (Å²) in [5.74, 6) is 0.575. The average molecular weight is 464 g/mol. The lowest BCUT2D eigenvalue weighted by Gasteiger charge is -2.43. The summed E-state index contributed by atoms with van der Waals surface area (Å²) in [6.45, 7) is 3.63. The first-order valence-electron chi connectivity index (χ1n) is 11.7. The number of H-pyrrole nitrogens is 1. The number of imidazole rings is 1. The smallest absolute Gasteiger partial charge is 0.347 e. The molecule has 4 rings (SSSR count). The van der Waals surface area contributed by atoms with Crippen molar-refractivity contribution in [2.75, 3.05) is 26.7 Å². The van der Waals surface area contributed by atoms with E-state index in [-0.39, 0.29) is 23.7 Å². The summed E-state index contributed by atoms with van der Waals surface area (Å²) >= 11 is 0. The molecular weight excluding hydrogens is 431 g/mol. The first-order chi connectivity index (χ1) is 15.8. The molecule has 1 aromatic heterocycles. The Hall–Kier alpha value is -2.55. The van der Waals surface area contributed by atoms with E-state index in [4.69, 9.17) is 0 Å². The van der Waals surface area contributed by atoms with Crippen LogP contribution in [-0.2, 0) is 6.18 Å². The highest BCUT2D eigenvalue weighted by atomic mass is 19.4. The Morgan fingerprint density at radius 1 is 1.27 bits per heavy atom. The standard InChI is InChI=1S/C24H32F3N5O/c1-16-6-7-18(12-20(16)24(25,26)27)22(21-13-29-15-30-21)31-10-8-19(9-11-31)32(23(33)28-2)14-17-4-3-5-17/h6-7,12-13,15,17,19,22H,3-5,8-11,14H2,1-2H3,(H,28,33)(H,29,30). The van der Waals surface area contributed by atoms with E-state index in [0.29, 0.717) is 24.6 Å². The second-order valence-corrected chi connectivity index (χ2v) is 9.25. The largest absolute Gasteiger partial charge is 0.416 e. The molecule has 1 aliphatic carbocycles. The van der Waals surface area contributed by atoms with Crippen LogP contribution in [0.2, 0.25) is 0 Å². The van der Waals surface area contributed by atoms with Crippen LogP contribution in [0.5, 0.6) is 0 Å². The second-order valence-electron chi connectivity index (χ2n) is 9.25. The molecule has 1 saturated heterocycles. The summed E-state index contributed by atoms with van der Waals surface area (Å²) in [7, 11) is 1.66. The Bertz CT molecular complexity index is 934. The van der Waals surface area contributed by atoms with Gasteiger partial charge in [-0.2, -0.15) is 13.2 Å². The van der Waals surface area contributed by atoms with Crippen molar-refractivity contribution in [1.82, 2.24) is 25.1 Å². The Labute approximate surface area is 192 Å². The van der Waals surface area contributed by atoms with Gasteiger partial charge in [-0.25, -0.2) is 9.78 Å². The number of urea groups is 1. The van der Waals surface area contributed by atoms with Crippen LogP contribution >= 0.6 is 0 Å². The van der Waals surface area contributed by atoms with E-state index in [1.165, 1.54) is 32.3 Å². The van der Waals surface area contributed by atoms with E-state index in [1.807, 2.05) is 4.90 Å². The van der Waals surface area contributed by atoms with Gasteiger partial charge in [-0.3, -0.25) is 4.90 Å². The number of alkyl halides is 3. The third-order valence-corrected chi connectivity index (χ3v) is 7.16. The molecule has 33 heavy (non-hydrogen) atoms. The van der Waals surface area contributed by atoms with Gasteiger partial charge in [-0.05, 0) is 55.7 Å². The number of piperidine rings is 1. The quantitative estimate of drug-likeness (QED) is 0.651. The van der Waals surface area contributed by atoms with E-state index in [9.17, 15) is 18.0 Å². The highest BCUT2D eigenvalue weighted by Gasteiger charge is 2.36. The minimum absolute atomic E-state index is 0.0428. The van der Waals surface area contributed by atoms with Gasteiger partial charge in [0.2, 0.25) is 0 Å². The van der Waals surface area contributed by atoms with E-state index >= 15 is 0 Å². The Balaban J connectivity index is 1.54. The highest BCUT2D eigenvalue weighted by Crippen LogP contribution is 2.37. The van der Waals surface area contributed by atoms with Crippen LogP contribution < -0.4 is 5.32 Å². The molecule has 2 aromatic rings. The number of aromatic amines is 1. The summed E-state index contributed by atoms with van der Waals surface area (Å²) in [4.78, 5) is 23.9. The van der Waals surface area contributed by atoms with Gasteiger partial charge in [-0.1, -0.05) is 18.6 Å². The molecular formula is C24H32F3N5O. The Kier molecular flexibility index (Phi) is 6.97. The van der Waals surface area contributed by atoms with Crippen molar-refractivity contribution in [2.24, 2.45) is 5.92 Å². The second kappa shape index (κ2) is 9.75. The molecule has 2 amide bonds. The van der Waals surface area contributed by atoms with Crippen LogP contribution in [0.4, 0.5) is 18.0 Å². The van der Waals surface area contributed by atoms with Crippen molar-refractivity contribution in [1.29, 1.82) is 0 Å². The number of amides is 2. The van der Waals surface area contributed by atoms with Crippen molar-refractivity contribution >= 4 is 6.03 Å². The molecule has 2 aliphatic rings. The van der Waals surface area contributed by atoms with Crippen LogP contribution in [0.1, 0.15) is 60.5 Å². The minimum Gasteiger partial charge on any atom is -0.347 e. The van der Waals surface area contributed by atoms with Crippen molar-refractivity contribution in [3.8, 4) is 0 Å². The van der Waals surface area contributed by atoms with E-state index < -0.39 is 11.7 Å². The molecule has 2 N–H and O–H groups in total. The number of likely N-dealkylation sites (tertiary alicyclic amines) is 1. The molecule has 1 unspecified atom stereocenters. The zero-order chi connectivity index (χ0) is 23.6. The monoisotopic (exact) mass is 463 g/mol. The van der Waals surface area contributed by atoms with Crippen LogP contribution in [0.3, 0.4) is 0 Å². The molecule has 180 valence electrons. The average Bonchev–Trinajstić information content (AvgIpc) is 3.28. The van der Waals surface area contributed by atoms with Gasteiger partial charge >= 0.3 is 12.2 Å². The summed E-state index contributed by atoms with van der Waals surface area (Å²) in [6, 6.07) is 4.32. The lowest BCUT2D eigenvalue weighted by atomic mass is 9.84. The topological polar surface area (TPSA) is 64.3 Å². The highest BCUT2D eigenvalue weighted by molar-refractivity contribution is 5.74. The number of halogens is 3. The number of nitrogens with one attached hydrogen (secondary N) is 2. The predicted octanol–water partition coefficient (Wildman–Crippen LogP) is 4.73. The Morgan fingerprint density at radius 2 is 2.00 bits per heavy atom. The van der Waals surface area contributed by atoms with Crippen LogP contribution in [-0.4, -0.2) is 58.5 Å². The van der Waals surface area contributed by atoms with Crippen molar-refractivity contribution in [3.05, 3.63) is 53.1 Å². The SMILES string of the molecule is CNC(=O)N(CC1CCC1)C1CCN(C(c2ccc(C)c(C(F)(F)F)c2)c2cnc[nH]2)CC1. The normalized spacial score (nSPS) is 19.2. The zero-order valence-corrected chi connectivity index (χ0v) is 19.2. The van der Waals surface area contributed by atoms with Gasteiger partial charge in [0.05, 0.1) is 23.6 Å². The van der Waals surface area contributed by atoms with E-state index in [0.717, 1.165) is 25.1 Å². The third-order valence-electron chi connectivity index (χ3n) is 7.16. The molecule has 0 bridgehead atoms. The number of carbonyl (C=O) groups excluding carboxylic acids is 1. The van der Waals surface area contributed by atoms with Gasteiger partial charge in [0, 0.05) is 38.9 Å². The fourth-order valence-electron chi connectivity index (χ4n) is 5.07. The maximum Gasteiger partial charge on any atom is 0.416 e. The lowest BCUT2D eigenvalue weighted by molar-refractivity contribution is -0.138. The number of carbonyl (C=O) groups is 1. The predicted molar refractivity (Wildman–Crippen MR) is 120 cm³/mol. The van der Waals surface area contributed by atoms with Crippen LogP contribution in [0.25, 0.3) is 0 Å². The van der Waals surface area contributed by atoms with Crippen molar-refractivity contribution < 1.29 is 18.0 Å². The van der Waals surface area contributed by atoms with Crippen LogP contribution in [0, 0.1) is 12.8 Å². The van der Waals surface area contributed by atoms with Crippen molar-refractivity contribution in [3.63, 3.8) is 0 Å². The zero-order valence-electron chi connectivity index (χ0n) is 19.2. The fraction of sp³-hybridized carbons (Fsp3) is 0.583. The van der Waals surface area contributed by atoms with Crippen LogP contribution in [0.15, 0.2) is 30.7 Å². The molecule has 9 heteroatoms. The number of hydrogen-bond donors (Lipinski definition) is 2. The van der Waals surface area contributed by atoms with Gasteiger partial charge in [0.25, 0.3) is 0 Å². The molecule has 2 fully saturated rings. The maximum atomic E-state index is 13.6. The number of rotatable bonds is 6. The molecule has 1 aromatic carbocycles. The summed E-state index contributed by atoms with van der Waals surface area (Å²) in [6.07, 6.45) is 3.96. The number of nitrogens with zero attached hydrogens (tertiary/aromatic N) is 3. The van der Waals surface area contributed by atoms with E-state index in [1.54, 1.807) is 31.7 Å². The number of aromatic nitrogens is 2. The summed E-state index contributed by atoms with van der Waals surface area (Å²) < 4.78 is 40.8.